The molecule has 0 saturated heterocycles. The Balaban J connectivity index is 1.38. The van der Waals surface area contributed by atoms with Gasteiger partial charge in [0.25, 0.3) is 0 Å². The van der Waals surface area contributed by atoms with Crippen LogP contribution in [0.2, 0.25) is 0 Å². The highest BCUT2D eigenvalue weighted by molar-refractivity contribution is 5.79. The maximum absolute atomic E-state index is 13.5. The lowest BCUT2D eigenvalue weighted by atomic mass is 9.44. The molecule has 3 fully saturated rings. The van der Waals surface area contributed by atoms with Crippen LogP contribution in [0.1, 0.15) is 48.9 Å². The zero-order valence-corrected chi connectivity index (χ0v) is 16.4. The Labute approximate surface area is 169 Å². The molecular formula is C23H24FN3O2. The lowest BCUT2D eigenvalue weighted by Crippen LogP contribution is -2.84. The molecule has 4 aliphatic rings. The van der Waals surface area contributed by atoms with Crippen molar-refractivity contribution in [3.8, 4) is 0 Å². The van der Waals surface area contributed by atoms with Crippen LogP contribution in [0.25, 0.3) is 0 Å². The van der Waals surface area contributed by atoms with Crippen molar-refractivity contribution in [2.45, 2.75) is 49.7 Å². The van der Waals surface area contributed by atoms with Crippen LogP contribution in [-0.4, -0.2) is 34.5 Å². The first kappa shape index (κ1) is 18.2. The molecule has 2 aromatic rings. The van der Waals surface area contributed by atoms with Gasteiger partial charge < -0.3 is 15.5 Å². The normalized spacial score (nSPS) is 29.2. The molecular weight excluding hydrogens is 369 g/mol. The van der Waals surface area contributed by atoms with Crippen LogP contribution in [0, 0.1) is 5.82 Å². The maximum atomic E-state index is 13.5. The van der Waals surface area contributed by atoms with E-state index in [1.165, 1.54) is 24.6 Å². The molecule has 1 heterocycles. The molecule has 6 heteroatoms. The average Bonchev–Trinajstić information content (AvgIpc) is 2.65. The van der Waals surface area contributed by atoms with E-state index in [0.29, 0.717) is 6.54 Å². The quantitative estimate of drug-likeness (QED) is 0.841. The number of hydrogen-bond acceptors (Lipinski definition) is 2. The number of rotatable bonds is 3. The van der Waals surface area contributed by atoms with Crippen LogP contribution >= 0.6 is 0 Å². The van der Waals surface area contributed by atoms with Gasteiger partial charge in [0.05, 0.1) is 6.04 Å². The molecule has 0 aromatic heterocycles. The van der Waals surface area contributed by atoms with E-state index in [1.807, 2.05) is 17.0 Å². The molecule has 1 aliphatic heterocycles. The number of nitrogens with zero attached hydrogens (tertiary/aromatic N) is 1. The molecule has 6 rings (SSSR count). The Hall–Kier alpha value is -2.89. The number of benzene rings is 2. The number of fused-ring (bicyclic) bond motifs is 1. The molecule has 1 atom stereocenters. The second-order valence-corrected chi connectivity index (χ2v) is 8.80. The van der Waals surface area contributed by atoms with E-state index in [9.17, 15) is 14.0 Å². The van der Waals surface area contributed by atoms with Crippen molar-refractivity contribution in [1.29, 1.82) is 0 Å². The van der Waals surface area contributed by atoms with Crippen LogP contribution in [0.3, 0.4) is 0 Å². The van der Waals surface area contributed by atoms with E-state index in [2.05, 4.69) is 22.8 Å². The van der Waals surface area contributed by atoms with Crippen molar-refractivity contribution in [1.82, 2.24) is 15.5 Å². The number of urea groups is 1. The van der Waals surface area contributed by atoms with Crippen molar-refractivity contribution < 1.29 is 14.0 Å². The van der Waals surface area contributed by atoms with Crippen molar-refractivity contribution >= 4 is 11.9 Å². The zero-order valence-electron chi connectivity index (χ0n) is 16.4. The summed E-state index contributed by atoms with van der Waals surface area (Å²) in [5, 5.41) is 6.24. The van der Waals surface area contributed by atoms with Gasteiger partial charge in [-0.1, -0.05) is 36.4 Å². The smallest absolute Gasteiger partial charge is 0.318 e. The highest BCUT2D eigenvalue weighted by Gasteiger charge is 2.69. The number of halogens is 1. The van der Waals surface area contributed by atoms with Gasteiger partial charge >= 0.3 is 6.03 Å². The molecule has 0 spiro atoms. The van der Waals surface area contributed by atoms with E-state index in [1.54, 1.807) is 12.1 Å². The molecule has 150 valence electrons. The predicted molar refractivity (Wildman–Crippen MR) is 107 cm³/mol. The van der Waals surface area contributed by atoms with Gasteiger partial charge in [-0.05, 0) is 54.5 Å². The van der Waals surface area contributed by atoms with Gasteiger partial charge in [0, 0.05) is 24.5 Å². The highest BCUT2D eigenvalue weighted by Crippen LogP contribution is 2.60. The Morgan fingerprint density at radius 1 is 1.00 bits per heavy atom. The number of nitrogens with one attached hydrogen (secondary N) is 2. The SMILES string of the molecule is CC(=O)NC12CC(NC(=O)N3CCc4ccccc4[C@@H]3c3ccc(F)cc3)(C1)C2. The fourth-order valence-corrected chi connectivity index (χ4v) is 5.52. The van der Waals surface area contributed by atoms with Crippen LogP contribution in [0.5, 0.6) is 0 Å². The fourth-order valence-electron chi connectivity index (χ4n) is 5.52. The minimum atomic E-state index is -0.286. The van der Waals surface area contributed by atoms with E-state index in [-0.39, 0.29) is 34.9 Å². The van der Waals surface area contributed by atoms with Crippen LogP contribution in [-0.2, 0) is 11.2 Å². The van der Waals surface area contributed by atoms with E-state index >= 15 is 0 Å². The largest absolute Gasteiger partial charge is 0.351 e. The fraction of sp³-hybridized carbons (Fsp3) is 0.391. The third-order valence-electron chi connectivity index (χ3n) is 6.57. The highest BCUT2D eigenvalue weighted by atomic mass is 19.1. The molecule has 0 unspecified atom stereocenters. The van der Waals surface area contributed by atoms with E-state index in [0.717, 1.165) is 36.8 Å². The number of carbonyl (C=O) groups excluding carboxylic acids is 2. The van der Waals surface area contributed by atoms with E-state index in [4.69, 9.17) is 0 Å². The van der Waals surface area contributed by atoms with Crippen molar-refractivity contribution in [2.75, 3.05) is 6.54 Å². The molecule has 3 aliphatic carbocycles. The van der Waals surface area contributed by atoms with Gasteiger partial charge in [-0.25, -0.2) is 9.18 Å². The van der Waals surface area contributed by atoms with Gasteiger partial charge in [0.1, 0.15) is 5.82 Å². The molecule has 3 amide bonds. The number of hydrogen-bond donors (Lipinski definition) is 2. The summed E-state index contributed by atoms with van der Waals surface area (Å²) < 4.78 is 13.5. The van der Waals surface area contributed by atoms with Crippen LogP contribution in [0.15, 0.2) is 48.5 Å². The summed E-state index contributed by atoms with van der Waals surface area (Å²) in [7, 11) is 0. The summed E-state index contributed by atoms with van der Waals surface area (Å²) >= 11 is 0. The van der Waals surface area contributed by atoms with E-state index < -0.39 is 0 Å². The maximum Gasteiger partial charge on any atom is 0.318 e. The van der Waals surface area contributed by atoms with Gasteiger partial charge in [-0.2, -0.15) is 0 Å². The summed E-state index contributed by atoms with van der Waals surface area (Å²) in [6.07, 6.45) is 3.16. The van der Waals surface area contributed by atoms with Crippen LogP contribution in [0.4, 0.5) is 9.18 Å². The molecule has 3 saturated carbocycles. The number of carbonyl (C=O) groups is 2. The number of amides is 3. The summed E-state index contributed by atoms with van der Waals surface area (Å²) in [5.74, 6) is -0.306. The summed E-state index contributed by atoms with van der Waals surface area (Å²) in [6, 6.07) is 14.2. The van der Waals surface area contributed by atoms with Gasteiger partial charge in [0.2, 0.25) is 5.91 Å². The molecule has 2 bridgehead atoms. The zero-order chi connectivity index (χ0) is 20.2. The topological polar surface area (TPSA) is 61.4 Å². The first-order valence-electron chi connectivity index (χ1n) is 10.1. The predicted octanol–water partition coefficient (Wildman–Crippen LogP) is 3.29. The van der Waals surface area contributed by atoms with Crippen molar-refractivity contribution in [3.05, 3.63) is 71.0 Å². The second-order valence-electron chi connectivity index (χ2n) is 8.80. The molecule has 29 heavy (non-hydrogen) atoms. The first-order valence-corrected chi connectivity index (χ1v) is 10.1. The lowest BCUT2D eigenvalue weighted by molar-refractivity contribution is -0.137. The van der Waals surface area contributed by atoms with Gasteiger partial charge in [-0.3, -0.25) is 4.79 Å². The Bertz CT molecular complexity index is 968. The minimum Gasteiger partial charge on any atom is -0.351 e. The first-order chi connectivity index (χ1) is 13.9. The molecule has 5 nitrogen and oxygen atoms in total. The standard InChI is InChI=1S/C23H24FN3O2/c1-15(28)25-22-12-23(13-22,14-22)26-21(29)27-11-10-16-4-2-3-5-19(16)20(27)17-6-8-18(24)9-7-17/h2-9,20H,10-14H2,1H3,(H,25,28)(H,26,29)/t20-,22?,23?/m0/s1. The Morgan fingerprint density at radius 3 is 2.34 bits per heavy atom. The van der Waals surface area contributed by atoms with Crippen molar-refractivity contribution in [3.63, 3.8) is 0 Å². The molecule has 0 radical (unpaired) electrons. The van der Waals surface area contributed by atoms with Crippen molar-refractivity contribution in [2.24, 2.45) is 0 Å². The Morgan fingerprint density at radius 2 is 1.66 bits per heavy atom. The third-order valence-corrected chi connectivity index (χ3v) is 6.57. The van der Waals surface area contributed by atoms with Gasteiger partial charge in [-0.15, -0.1) is 0 Å². The van der Waals surface area contributed by atoms with Crippen LogP contribution < -0.4 is 10.6 Å². The Kier molecular flexibility index (Phi) is 3.95. The lowest BCUT2D eigenvalue weighted by Gasteiger charge is -2.70. The third kappa shape index (κ3) is 2.98. The molecule has 2 aromatic carbocycles. The monoisotopic (exact) mass is 393 g/mol. The summed E-state index contributed by atoms with van der Waals surface area (Å²) in [4.78, 5) is 26.5. The van der Waals surface area contributed by atoms with Gasteiger partial charge in [0.15, 0.2) is 0 Å². The minimum absolute atomic E-state index is 0.0198. The summed E-state index contributed by atoms with van der Waals surface area (Å²) in [6.45, 7) is 2.14. The average molecular weight is 393 g/mol. The molecule has 2 N–H and O–H groups in total. The second kappa shape index (κ2) is 6.31. The summed E-state index contributed by atoms with van der Waals surface area (Å²) in [5.41, 5.74) is 2.89.